The molecule has 0 aromatic heterocycles. The Kier molecular flexibility index (Phi) is 2.82. The van der Waals surface area contributed by atoms with Crippen LogP contribution < -0.4 is 4.65 Å². The summed E-state index contributed by atoms with van der Waals surface area (Å²) in [6.07, 6.45) is 0.909. The highest BCUT2D eigenvalue weighted by atomic mass is 16.7. The average Bonchev–Trinajstić information content (AvgIpc) is 2.76. The van der Waals surface area contributed by atoms with Crippen molar-refractivity contribution in [2.24, 2.45) is 0 Å². The molecule has 1 aliphatic carbocycles. The van der Waals surface area contributed by atoms with Crippen LogP contribution in [0.3, 0.4) is 0 Å². The molecule has 0 fully saturated rings. The van der Waals surface area contributed by atoms with Crippen LogP contribution in [-0.4, -0.2) is 19.5 Å². The fourth-order valence-corrected chi connectivity index (χ4v) is 2.36. The monoisotopic (exact) mass is 240 g/mol. The standard InChI is InChI=1S/C14H13BO3/c1-17-15(16)18-12-6-7-14-11(9-12)8-10-4-2-3-5-13(10)14/h2-7,9,16H,8H2,1H3. The maximum absolute atomic E-state index is 9.29. The Morgan fingerprint density at radius 2 is 1.83 bits per heavy atom. The van der Waals surface area contributed by atoms with Crippen molar-refractivity contribution in [1.29, 1.82) is 0 Å². The third-order valence-electron chi connectivity index (χ3n) is 3.20. The van der Waals surface area contributed by atoms with Gasteiger partial charge in [-0.3, -0.25) is 0 Å². The van der Waals surface area contributed by atoms with Gasteiger partial charge in [0.2, 0.25) is 0 Å². The predicted molar refractivity (Wildman–Crippen MR) is 70.3 cm³/mol. The van der Waals surface area contributed by atoms with Crippen LogP contribution in [0.5, 0.6) is 5.75 Å². The normalized spacial score (nSPS) is 11.9. The number of hydrogen-bond donors (Lipinski definition) is 1. The molecule has 0 saturated carbocycles. The molecule has 1 N–H and O–H groups in total. The van der Waals surface area contributed by atoms with Gasteiger partial charge < -0.3 is 14.3 Å². The molecule has 3 nitrogen and oxygen atoms in total. The van der Waals surface area contributed by atoms with Crippen LogP contribution in [0.15, 0.2) is 42.5 Å². The van der Waals surface area contributed by atoms with Gasteiger partial charge in [-0.25, -0.2) is 0 Å². The van der Waals surface area contributed by atoms with Crippen LogP contribution in [0.25, 0.3) is 11.1 Å². The second-order valence-electron chi connectivity index (χ2n) is 4.31. The molecule has 0 unspecified atom stereocenters. The Bertz CT molecular complexity index is 583. The Balaban J connectivity index is 1.93. The molecule has 2 aromatic rings. The highest BCUT2D eigenvalue weighted by molar-refractivity contribution is 6.35. The summed E-state index contributed by atoms with van der Waals surface area (Å²) < 4.78 is 9.89. The van der Waals surface area contributed by atoms with E-state index >= 15 is 0 Å². The van der Waals surface area contributed by atoms with Gasteiger partial charge in [0.15, 0.2) is 0 Å². The van der Waals surface area contributed by atoms with Crippen molar-refractivity contribution in [2.75, 3.05) is 7.11 Å². The molecule has 0 aliphatic heterocycles. The summed E-state index contributed by atoms with van der Waals surface area (Å²) in [5.74, 6) is 0.621. The van der Waals surface area contributed by atoms with Gasteiger partial charge in [-0.15, -0.1) is 0 Å². The van der Waals surface area contributed by atoms with Crippen molar-refractivity contribution in [3.63, 3.8) is 0 Å². The molecule has 3 rings (SSSR count). The first-order valence-electron chi connectivity index (χ1n) is 5.86. The molecule has 0 heterocycles. The van der Waals surface area contributed by atoms with Crippen molar-refractivity contribution < 1.29 is 14.3 Å². The molecule has 0 spiro atoms. The SMILES string of the molecule is COB(O)Oc1ccc2c(c1)Cc1ccccc1-2. The van der Waals surface area contributed by atoms with Gasteiger partial charge >= 0.3 is 7.32 Å². The van der Waals surface area contributed by atoms with Gasteiger partial charge in [0.05, 0.1) is 0 Å². The minimum absolute atomic E-state index is 0.621. The van der Waals surface area contributed by atoms with Gasteiger partial charge in [-0.2, -0.15) is 0 Å². The van der Waals surface area contributed by atoms with E-state index in [0.29, 0.717) is 5.75 Å². The molecular weight excluding hydrogens is 227 g/mol. The quantitative estimate of drug-likeness (QED) is 0.713. The number of rotatable bonds is 3. The summed E-state index contributed by atoms with van der Waals surface area (Å²) in [5.41, 5.74) is 5.07. The lowest BCUT2D eigenvalue weighted by molar-refractivity contribution is 0.238. The molecule has 90 valence electrons. The average molecular weight is 240 g/mol. The zero-order valence-electron chi connectivity index (χ0n) is 10.1. The second kappa shape index (κ2) is 4.48. The Morgan fingerprint density at radius 1 is 1.06 bits per heavy atom. The van der Waals surface area contributed by atoms with E-state index in [1.807, 2.05) is 24.3 Å². The Hall–Kier alpha value is -1.78. The lowest BCUT2D eigenvalue weighted by Crippen LogP contribution is -2.24. The molecule has 4 heteroatoms. The minimum Gasteiger partial charge on any atom is -0.512 e. The first kappa shape index (κ1) is 11.3. The summed E-state index contributed by atoms with van der Waals surface area (Å²) >= 11 is 0. The van der Waals surface area contributed by atoms with Gasteiger partial charge in [0.1, 0.15) is 5.75 Å². The van der Waals surface area contributed by atoms with Crippen LogP contribution >= 0.6 is 0 Å². The maximum Gasteiger partial charge on any atom is 0.710 e. The van der Waals surface area contributed by atoms with E-state index in [-0.39, 0.29) is 0 Å². The van der Waals surface area contributed by atoms with E-state index in [4.69, 9.17) is 4.65 Å². The zero-order valence-corrected chi connectivity index (χ0v) is 10.1. The van der Waals surface area contributed by atoms with Crippen molar-refractivity contribution >= 4 is 7.32 Å². The summed E-state index contributed by atoms with van der Waals surface area (Å²) in [6, 6.07) is 14.2. The van der Waals surface area contributed by atoms with Gasteiger partial charge in [-0.05, 0) is 40.8 Å². The fraction of sp³-hybridized carbons (Fsp3) is 0.143. The van der Waals surface area contributed by atoms with E-state index in [2.05, 4.69) is 22.9 Å². The molecular formula is C14H13BO3. The molecule has 1 aliphatic rings. The Morgan fingerprint density at radius 3 is 2.67 bits per heavy atom. The Labute approximate surface area is 106 Å². The lowest BCUT2D eigenvalue weighted by Gasteiger charge is -2.09. The van der Waals surface area contributed by atoms with Crippen LogP contribution in [0.4, 0.5) is 0 Å². The zero-order chi connectivity index (χ0) is 12.5. The first-order chi connectivity index (χ1) is 8.78. The van der Waals surface area contributed by atoms with Crippen LogP contribution in [0.2, 0.25) is 0 Å². The molecule has 0 amide bonds. The molecule has 18 heavy (non-hydrogen) atoms. The predicted octanol–water partition coefficient (Wildman–Crippen LogP) is 2.26. The molecule has 0 radical (unpaired) electrons. The van der Waals surface area contributed by atoms with Crippen molar-refractivity contribution in [1.82, 2.24) is 0 Å². The van der Waals surface area contributed by atoms with Gasteiger partial charge in [-0.1, -0.05) is 30.3 Å². The van der Waals surface area contributed by atoms with E-state index in [1.165, 1.54) is 29.4 Å². The highest BCUT2D eigenvalue weighted by Gasteiger charge is 2.20. The fourth-order valence-electron chi connectivity index (χ4n) is 2.36. The van der Waals surface area contributed by atoms with E-state index in [9.17, 15) is 5.02 Å². The molecule has 0 bridgehead atoms. The van der Waals surface area contributed by atoms with Crippen molar-refractivity contribution in [2.45, 2.75) is 6.42 Å². The van der Waals surface area contributed by atoms with E-state index in [0.717, 1.165) is 6.42 Å². The van der Waals surface area contributed by atoms with Gasteiger partial charge in [0.25, 0.3) is 0 Å². The lowest BCUT2D eigenvalue weighted by atomic mass is 10.1. The van der Waals surface area contributed by atoms with E-state index < -0.39 is 7.32 Å². The summed E-state index contributed by atoms with van der Waals surface area (Å²) in [4.78, 5) is 0. The highest BCUT2D eigenvalue weighted by Crippen LogP contribution is 2.37. The van der Waals surface area contributed by atoms with Crippen LogP contribution in [-0.2, 0) is 11.1 Å². The number of hydrogen-bond acceptors (Lipinski definition) is 3. The van der Waals surface area contributed by atoms with Crippen LogP contribution in [0, 0.1) is 0 Å². The maximum atomic E-state index is 9.29. The van der Waals surface area contributed by atoms with Crippen molar-refractivity contribution in [3.8, 4) is 16.9 Å². The third-order valence-corrected chi connectivity index (χ3v) is 3.20. The number of benzene rings is 2. The largest absolute Gasteiger partial charge is 0.710 e. The molecule has 0 atom stereocenters. The number of fused-ring (bicyclic) bond motifs is 3. The third kappa shape index (κ3) is 1.90. The second-order valence-corrected chi connectivity index (χ2v) is 4.31. The smallest absolute Gasteiger partial charge is 0.512 e. The van der Waals surface area contributed by atoms with E-state index in [1.54, 1.807) is 0 Å². The topological polar surface area (TPSA) is 38.7 Å². The van der Waals surface area contributed by atoms with Crippen LogP contribution in [0.1, 0.15) is 11.1 Å². The van der Waals surface area contributed by atoms with Crippen molar-refractivity contribution in [3.05, 3.63) is 53.6 Å². The van der Waals surface area contributed by atoms with Gasteiger partial charge in [0, 0.05) is 7.11 Å². The minimum atomic E-state index is -1.22. The molecule has 2 aromatic carbocycles. The molecule has 0 saturated heterocycles. The first-order valence-corrected chi connectivity index (χ1v) is 5.86. The summed E-state index contributed by atoms with van der Waals surface area (Å²) in [5, 5.41) is 9.29. The summed E-state index contributed by atoms with van der Waals surface area (Å²) in [7, 11) is 0.181. The summed E-state index contributed by atoms with van der Waals surface area (Å²) in [6.45, 7) is 0.